The number of nitrogens with one attached hydrogen (secondary N) is 6. The highest BCUT2D eigenvalue weighted by atomic mass is 16.5. The Bertz CT molecular complexity index is 4900. The Kier molecular flexibility index (Phi) is 27.5. The summed E-state index contributed by atoms with van der Waals surface area (Å²) < 4.78 is 12.2. The van der Waals surface area contributed by atoms with E-state index < -0.39 is 62.3 Å². The molecule has 30 heteroatoms. The van der Waals surface area contributed by atoms with Gasteiger partial charge < -0.3 is 95.0 Å². The van der Waals surface area contributed by atoms with Gasteiger partial charge in [-0.25, -0.2) is 19.9 Å². The van der Waals surface area contributed by atoms with Crippen molar-refractivity contribution in [2.45, 2.75) is 58.3 Å². The summed E-state index contributed by atoms with van der Waals surface area (Å²) in [6.07, 6.45) is 2.89. The number of aromatic nitrogens is 8. The van der Waals surface area contributed by atoms with E-state index >= 15 is 0 Å². The van der Waals surface area contributed by atoms with Crippen LogP contribution in [0.15, 0.2) is 121 Å². The van der Waals surface area contributed by atoms with Crippen molar-refractivity contribution < 1.29 is 48.1 Å². The van der Waals surface area contributed by atoms with Crippen LogP contribution in [0.25, 0.3) is 89.7 Å². The van der Waals surface area contributed by atoms with Crippen LogP contribution in [0, 0.1) is 0 Å². The Morgan fingerprint density at radius 2 is 0.920 bits per heavy atom. The second-order valence-corrected chi connectivity index (χ2v) is 29.0. The summed E-state index contributed by atoms with van der Waals surface area (Å²) in [6.45, 7) is 9.02. The molecule has 0 atom stereocenters. The number of likely N-dealkylation sites (N-methyl/N-ethyl adjacent to an activating group) is 3. The first-order valence-electron chi connectivity index (χ1n) is 38.8. The first-order chi connectivity index (χ1) is 54.3. The zero-order chi connectivity index (χ0) is 78.6. The summed E-state index contributed by atoms with van der Waals surface area (Å²) in [7, 11) is 7.53. The van der Waals surface area contributed by atoms with Gasteiger partial charge in [0.2, 0.25) is 41.4 Å². The van der Waals surface area contributed by atoms with Gasteiger partial charge >= 0.3 is 0 Å². The number of carbonyl (C=O) groups is 7. The van der Waals surface area contributed by atoms with Crippen LogP contribution >= 0.6 is 0 Å². The van der Waals surface area contributed by atoms with E-state index in [2.05, 4.69) is 101 Å². The van der Waals surface area contributed by atoms with Crippen LogP contribution in [0.2, 0.25) is 0 Å². The van der Waals surface area contributed by atoms with E-state index in [9.17, 15) is 38.7 Å². The molecule has 2 saturated heterocycles. The fourth-order valence-electron chi connectivity index (χ4n) is 14.0. The largest absolute Gasteiger partial charge is 0.494 e. The smallest absolute Gasteiger partial charge is 0.242 e. The molecule has 7 amide bonds. The van der Waals surface area contributed by atoms with Crippen molar-refractivity contribution in [3.8, 4) is 57.1 Å². The van der Waals surface area contributed by atoms with Gasteiger partial charge in [-0.3, -0.25) is 33.6 Å². The van der Waals surface area contributed by atoms with Crippen LogP contribution in [-0.4, -0.2) is 293 Å². The van der Waals surface area contributed by atoms with E-state index in [1.807, 2.05) is 98.9 Å². The van der Waals surface area contributed by atoms with Crippen LogP contribution in [0.4, 0.5) is 11.4 Å². The van der Waals surface area contributed by atoms with E-state index in [0.29, 0.717) is 61.8 Å². The molecule has 4 aromatic heterocycles. The molecule has 0 saturated carbocycles. The zero-order valence-electron chi connectivity index (χ0n) is 64.8. The van der Waals surface area contributed by atoms with Crippen molar-refractivity contribution >= 4 is 96.9 Å². The van der Waals surface area contributed by atoms with Crippen molar-refractivity contribution in [3.63, 3.8) is 0 Å². The average molecular weight is 1530 g/mol. The quantitative estimate of drug-likeness (QED) is 0.0189. The topological polar surface area (TPSA) is 352 Å². The van der Waals surface area contributed by atoms with Crippen molar-refractivity contribution in [3.05, 3.63) is 121 Å². The molecule has 2 aliphatic heterocycles. The summed E-state index contributed by atoms with van der Waals surface area (Å²) in [6, 6.07) is 39.9. The maximum Gasteiger partial charge on any atom is 0.242 e. The van der Waals surface area contributed by atoms with E-state index in [4.69, 9.17) is 35.1 Å². The fourth-order valence-corrected chi connectivity index (χ4v) is 14.0. The van der Waals surface area contributed by atoms with Gasteiger partial charge in [0.05, 0.1) is 96.7 Å². The second-order valence-electron chi connectivity index (χ2n) is 29.0. The highest BCUT2D eigenvalue weighted by molar-refractivity contribution is 5.93. The second kappa shape index (κ2) is 38.4. The van der Waals surface area contributed by atoms with Gasteiger partial charge in [0.1, 0.15) is 34.8 Å². The lowest BCUT2D eigenvalue weighted by Gasteiger charge is -2.34. The normalized spacial score (nSPS) is 13.4. The van der Waals surface area contributed by atoms with Crippen molar-refractivity contribution in [2.75, 3.05) is 182 Å². The Balaban J connectivity index is 0.562. The number of hydrogen-bond acceptors (Lipinski definition) is 19. The number of aliphatic hydroxyl groups is 1. The van der Waals surface area contributed by atoms with E-state index in [0.717, 1.165) is 130 Å². The number of nitrogens with zero attached hydrogens (tertiary/aromatic N) is 13. The first kappa shape index (κ1) is 80.1. The Labute approximate surface area is 651 Å². The third-order valence-electron chi connectivity index (χ3n) is 20.4. The van der Waals surface area contributed by atoms with Crippen LogP contribution < -0.4 is 35.6 Å². The molecule has 0 aliphatic carbocycles. The summed E-state index contributed by atoms with van der Waals surface area (Å²) in [4.78, 5) is 144. The number of anilines is 2. The Morgan fingerprint density at radius 1 is 0.464 bits per heavy atom. The van der Waals surface area contributed by atoms with Gasteiger partial charge in [-0.1, -0.05) is 31.2 Å². The van der Waals surface area contributed by atoms with Gasteiger partial charge in [-0.15, -0.1) is 0 Å². The molecule has 0 spiro atoms. The number of ether oxygens (including phenoxy) is 2. The maximum atomic E-state index is 14.3. The molecule has 6 heterocycles. The van der Waals surface area contributed by atoms with Crippen LogP contribution in [-0.2, 0) is 33.6 Å². The molecule has 30 nitrogen and oxygen atoms in total. The predicted molar refractivity (Wildman–Crippen MR) is 433 cm³/mol. The highest BCUT2D eigenvalue weighted by Crippen LogP contribution is 2.33. The number of nitrogens with two attached hydrogens (primary N) is 1. The van der Waals surface area contributed by atoms with Gasteiger partial charge in [-0.2, -0.15) is 0 Å². The molecule has 592 valence electrons. The number of amides is 7. The van der Waals surface area contributed by atoms with E-state index in [1.54, 1.807) is 0 Å². The van der Waals surface area contributed by atoms with Gasteiger partial charge in [0.15, 0.2) is 0 Å². The minimum Gasteiger partial charge on any atom is -0.494 e. The molecule has 0 bridgehead atoms. The molecular weight excluding hydrogens is 1430 g/mol. The molecular formula is C82H104N20O10. The number of aromatic amines is 4. The number of unbranched alkanes of at least 4 members (excludes halogenated alkanes) is 1. The van der Waals surface area contributed by atoms with Gasteiger partial charge in [0, 0.05) is 139 Å². The number of benzene rings is 6. The molecule has 12 rings (SSSR count). The molecule has 2 fully saturated rings. The minimum atomic E-state index is -0.762. The first-order valence-corrected chi connectivity index (χ1v) is 38.8. The Morgan fingerprint density at radius 3 is 1.43 bits per heavy atom. The monoisotopic (exact) mass is 1530 g/mol. The summed E-state index contributed by atoms with van der Waals surface area (Å²) >= 11 is 0. The van der Waals surface area contributed by atoms with Crippen LogP contribution in [0.1, 0.15) is 58.3 Å². The lowest BCUT2D eigenvalue weighted by molar-refractivity contribution is -0.147. The fraction of sp³-hybridized carbons (Fsp3) is 0.427. The Hall–Kier alpha value is -11.5. The number of fused-ring (bicyclic) bond motifs is 4. The number of piperazine rings is 2. The molecule has 9 N–H and O–H groups in total. The van der Waals surface area contributed by atoms with E-state index in [-0.39, 0.29) is 83.6 Å². The molecule has 0 radical (unpaired) electrons. The number of imidazole rings is 4. The highest BCUT2D eigenvalue weighted by Gasteiger charge is 2.29. The summed E-state index contributed by atoms with van der Waals surface area (Å²) in [5, 5.41) is 16.0. The van der Waals surface area contributed by atoms with Crippen LogP contribution in [0.5, 0.6) is 11.5 Å². The standard InChI is InChI=1S/C82H104N20O10/c1-6-30-99(77(109)55-102(41-42-103)74(106)19-12-44-112-63-17-10-15-57(46-63)80-87-65-25-21-59(48-69(65)91-80)82-89-67-27-23-61(50-71(67)93-82)98-39-35-95(4)36-40-98)54-78(110)101(31-8-7-28-84-2)53-75(107)96(5)52-76(108)100(51-72(83)104)32-13-29-85-73(105)18-11-43-111-62-16-9-14-56(45-62)79-86-64-24-20-58(47-68(64)90-79)81-88-66-26-22-60(49-70(66)92-81)97-37-33-94(3)34-38-97/h9-10,14-17,20-27,45-50,84,103H,6-8,11-13,18-19,28-44,51-55H2,1-5H3,(H2,83,104)(H,85,105)(H,86,90)(H,87,91)(H,88,92)(H,89,93). The number of hydrogen-bond donors (Lipinski definition) is 8. The maximum absolute atomic E-state index is 14.3. The molecule has 112 heavy (non-hydrogen) atoms. The zero-order valence-corrected chi connectivity index (χ0v) is 64.8. The average Bonchev–Trinajstić information content (AvgIpc) is 1.64. The predicted octanol–water partition coefficient (Wildman–Crippen LogP) is 6.55. The number of aliphatic hydroxyl groups excluding tert-OH is 1. The van der Waals surface area contributed by atoms with Crippen LogP contribution in [0.3, 0.4) is 0 Å². The van der Waals surface area contributed by atoms with Gasteiger partial charge in [0.25, 0.3) is 0 Å². The SMILES string of the molecule is CCCN(CC(=O)N(CCCCNC)CC(=O)N(C)CC(=O)N(CCCNC(=O)CCCOc1cccc(-c2nc3ccc(-c4nc5cc(N6CCN(C)CC6)ccc5[nH]4)cc3[nH]2)c1)CC(N)=O)C(=O)CN(CCO)C(=O)CCCOc1cccc(-c2nc3ccc(-c4nc5cc(N6CCN(C)CC6)ccc5[nH]4)cc3[nH]2)c1. The molecule has 10 aromatic rings. The van der Waals surface area contributed by atoms with Crippen molar-refractivity contribution in [1.82, 2.24) is 84.8 Å². The number of primary amides is 1. The lowest BCUT2D eigenvalue weighted by Crippen LogP contribution is -2.51. The molecule has 6 aromatic carbocycles. The van der Waals surface area contributed by atoms with Gasteiger partial charge in [-0.05, 0) is 163 Å². The number of rotatable bonds is 39. The number of carbonyl (C=O) groups excluding carboxylic acids is 7. The van der Waals surface area contributed by atoms with E-state index in [1.165, 1.54) is 42.9 Å². The minimum absolute atomic E-state index is 0.0162. The molecule has 2 aliphatic rings. The number of H-pyrrole nitrogens is 4. The third-order valence-corrected chi connectivity index (χ3v) is 20.4. The lowest BCUT2D eigenvalue weighted by atomic mass is 10.2. The summed E-state index contributed by atoms with van der Waals surface area (Å²) in [5.74, 6) is 0.561. The summed E-state index contributed by atoms with van der Waals surface area (Å²) in [5.41, 5.74) is 18.5. The van der Waals surface area contributed by atoms with Crippen molar-refractivity contribution in [1.29, 1.82) is 0 Å². The third kappa shape index (κ3) is 21.3. The molecule has 0 unspecified atom stereocenters. The van der Waals surface area contributed by atoms with Crippen molar-refractivity contribution in [2.24, 2.45) is 5.73 Å².